The highest BCUT2D eigenvalue weighted by molar-refractivity contribution is 4.99. The molecule has 0 spiro atoms. The maximum absolute atomic E-state index is 4.25. The zero-order valence-electron chi connectivity index (χ0n) is 12.2. The van der Waals surface area contributed by atoms with E-state index in [1.807, 2.05) is 12.5 Å². The number of aromatic nitrogens is 2. The van der Waals surface area contributed by atoms with Crippen LogP contribution in [0.1, 0.15) is 44.8 Å². The van der Waals surface area contributed by atoms with Crippen LogP contribution in [0.2, 0.25) is 0 Å². The molecule has 1 aliphatic heterocycles. The number of imidazole rings is 1. The Morgan fingerprint density at radius 2 is 2.21 bits per heavy atom. The normalized spacial score (nSPS) is 24.5. The second-order valence-corrected chi connectivity index (χ2v) is 6.40. The molecule has 4 nitrogen and oxygen atoms in total. The molecule has 1 saturated carbocycles. The van der Waals surface area contributed by atoms with Gasteiger partial charge in [-0.2, -0.15) is 0 Å². The molecule has 1 aromatic rings. The van der Waals surface area contributed by atoms with E-state index < -0.39 is 0 Å². The summed E-state index contributed by atoms with van der Waals surface area (Å²) in [5, 5.41) is 3.62. The van der Waals surface area contributed by atoms with E-state index in [4.69, 9.17) is 0 Å². The van der Waals surface area contributed by atoms with Gasteiger partial charge in [0.05, 0.1) is 12.0 Å². The standard InChI is InChI=1S/C15H26N4/c1-12(2)19-11-17-9-15(19)8-16-7-13-5-6-18(10-13)14-3-4-14/h9,11-14,16H,3-8,10H2,1-2H3. The summed E-state index contributed by atoms with van der Waals surface area (Å²) in [6, 6.07) is 1.43. The van der Waals surface area contributed by atoms with Crippen molar-refractivity contribution in [3.8, 4) is 0 Å². The lowest BCUT2D eigenvalue weighted by Crippen LogP contribution is -2.28. The lowest BCUT2D eigenvalue weighted by molar-refractivity contribution is 0.311. The SMILES string of the molecule is CC(C)n1cncc1CNCC1CCN(C2CC2)C1. The third-order valence-electron chi connectivity index (χ3n) is 4.42. The predicted octanol–water partition coefficient (Wildman–Crippen LogP) is 2.04. The average Bonchev–Trinajstić information content (AvgIpc) is 2.95. The first-order valence-corrected chi connectivity index (χ1v) is 7.69. The van der Waals surface area contributed by atoms with E-state index in [1.54, 1.807) is 0 Å². The van der Waals surface area contributed by atoms with Gasteiger partial charge in [0.1, 0.15) is 0 Å². The highest BCUT2D eigenvalue weighted by Gasteiger charge is 2.33. The first kappa shape index (κ1) is 13.1. The maximum atomic E-state index is 4.25. The Kier molecular flexibility index (Phi) is 3.89. The number of nitrogens with one attached hydrogen (secondary N) is 1. The van der Waals surface area contributed by atoms with Crippen molar-refractivity contribution >= 4 is 0 Å². The van der Waals surface area contributed by atoms with Gasteiger partial charge in [-0.25, -0.2) is 4.98 Å². The quantitative estimate of drug-likeness (QED) is 0.851. The van der Waals surface area contributed by atoms with Crippen molar-refractivity contribution in [2.24, 2.45) is 5.92 Å². The molecular weight excluding hydrogens is 236 g/mol. The summed E-state index contributed by atoms with van der Waals surface area (Å²) >= 11 is 0. The highest BCUT2D eigenvalue weighted by atomic mass is 15.2. The van der Waals surface area contributed by atoms with Gasteiger partial charge >= 0.3 is 0 Å². The van der Waals surface area contributed by atoms with Crippen LogP contribution in [0.15, 0.2) is 12.5 Å². The third-order valence-corrected chi connectivity index (χ3v) is 4.42. The van der Waals surface area contributed by atoms with Gasteiger partial charge in [0.2, 0.25) is 0 Å². The zero-order chi connectivity index (χ0) is 13.2. The van der Waals surface area contributed by atoms with Gasteiger partial charge in [0.25, 0.3) is 0 Å². The Morgan fingerprint density at radius 3 is 2.95 bits per heavy atom. The van der Waals surface area contributed by atoms with Crippen molar-refractivity contribution in [2.75, 3.05) is 19.6 Å². The summed E-state index contributed by atoms with van der Waals surface area (Å²) in [5.74, 6) is 0.844. The topological polar surface area (TPSA) is 33.1 Å². The van der Waals surface area contributed by atoms with Gasteiger partial charge in [-0.15, -0.1) is 0 Å². The molecule has 1 atom stereocenters. The van der Waals surface area contributed by atoms with Crippen molar-refractivity contribution < 1.29 is 0 Å². The Hall–Kier alpha value is -0.870. The minimum atomic E-state index is 0.496. The summed E-state index contributed by atoms with van der Waals surface area (Å²) < 4.78 is 2.25. The minimum absolute atomic E-state index is 0.496. The van der Waals surface area contributed by atoms with Gasteiger partial charge in [-0.05, 0) is 52.1 Å². The highest BCUT2D eigenvalue weighted by Crippen LogP contribution is 2.31. The number of hydrogen-bond donors (Lipinski definition) is 1. The van der Waals surface area contributed by atoms with Gasteiger partial charge in [-0.1, -0.05) is 0 Å². The maximum Gasteiger partial charge on any atom is 0.0951 e. The molecular formula is C15H26N4. The smallest absolute Gasteiger partial charge is 0.0951 e. The van der Waals surface area contributed by atoms with Crippen LogP contribution >= 0.6 is 0 Å². The van der Waals surface area contributed by atoms with Crippen LogP contribution in [0.3, 0.4) is 0 Å². The Bertz CT molecular complexity index is 408. The molecule has 1 saturated heterocycles. The van der Waals surface area contributed by atoms with Crippen LogP contribution in [0.5, 0.6) is 0 Å². The Labute approximate surface area is 116 Å². The fraction of sp³-hybridized carbons (Fsp3) is 0.800. The largest absolute Gasteiger partial charge is 0.331 e. The van der Waals surface area contributed by atoms with Crippen LogP contribution in [0.25, 0.3) is 0 Å². The summed E-state index contributed by atoms with van der Waals surface area (Å²) in [5.41, 5.74) is 1.30. The summed E-state index contributed by atoms with van der Waals surface area (Å²) in [7, 11) is 0. The Morgan fingerprint density at radius 1 is 1.37 bits per heavy atom. The molecule has 1 unspecified atom stereocenters. The van der Waals surface area contributed by atoms with Crippen LogP contribution in [-0.4, -0.2) is 40.1 Å². The van der Waals surface area contributed by atoms with E-state index >= 15 is 0 Å². The van der Waals surface area contributed by atoms with E-state index in [0.717, 1.165) is 25.0 Å². The van der Waals surface area contributed by atoms with Crippen molar-refractivity contribution in [3.63, 3.8) is 0 Å². The molecule has 1 aromatic heterocycles. The van der Waals surface area contributed by atoms with Crippen LogP contribution in [-0.2, 0) is 6.54 Å². The number of rotatable bonds is 6. The van der Waals surface area contributed by atoms with Crippen LogP contribution in [0, 0.1) is 5.92 Å². The molecule has 2 fully saturated rings. The molecule has 19 heavy (non-hydrogen) atoms. The lowest BCUT2D eigenvalue weighted by atomic mass is 10.1. The second-order valence-electron chi connectivity index (χ2n) is 6.40. The van der Waals surface area contributed by atoms with Crippen molar-refractivity contribution in [2.45, 2.75) is 51.7 Å². The number of hydrogen-bond acceptors (Lipinski definition) is 3. The molecule has 0 bridgehead atoms. The van der Waals surface area contributed by atoms with Crippen LogP contribution in [0.4, 0.5) is 0 Å². The van der Waals surface area contributed by atoms with E-state index in [2.05, 4.69) is 33.6 Å². The monoisotopic (exact) mass is 262 g/mol. The van der Waals surface area contributed by atoms with E-state index in [-0.39, 0.29) is 0 Å². The molecule has 1 aliphatic carbocycles. The second kappa shape index (κ2) is 5.63. The fourth-order valence-electron chi connectivity index (χ4n) is 3.14. The van der Waals surface area contributed by atoms with E-state index in [0.29, 0.717) is 6.04 Å². The zero-order valence-corrected chi connectivity index (χ0v) is 12.2. The molecule has 4 heteroatoms. The molecule has 2 heterocycles. The lowest BCUT2D eigenvalue weighted by Gasteiger charge is -2.16. The van der Waals surface area contributed by atoms with Crippen LogP contribution < -0.4 is 5.32 Å². The summed E-state index contributed by atoms with van der Waals surface area (Å²) in [6.45, 7) is 9.12. The van der Waals surface area contributed by atoms with Gasteiger partial charge in [-0.3, -0.25) is 0 Å². The molecule has 3 rings (SSSR count). The van der Waals surface area contributed by atoms with E-state index in [9.17, 15) is 0 Å². The van der Waals surface area contributed by atoms with E-state index in [1.165, 1.54) is 38.0 Å². The first-order valence-electron chi connectivity index (χ1n) is 7.69. The average molecular weight is 262 g/mol. The van der Waals surface area contributed by atoms with Crippen molar-refractivity contribution in [1.82, 2.24) is 19.8 Å². The molecule has 106 valence electrons. The number of nitrogens with zero attached hydrogens (tertiary/aromatic N) is 3. The predicted molar refractivity (Wildman–Crippen MR) is 77.0 cm³/mol. The van der Waals surface area contributed by atoms with Crippen molar-refractivity contribution in [1.29, 1.82) is 0 Å². The third kappa shape index (κ3) is 3.18. The molecule has 1 N–H and O–H groups in total. The minimum Gasteiger partial charge on any atom is -0.331 e. The fourth-order valence-corrected chi connectivity index (χ4v) is 3.14. The Balaban J connectivity index is 1.42. The molecule has 2 aliphatic rings. The summed E-state index contributed by atoms with van der Waals surface area (Å²) in [4.78, 5) is 6.94. The molecule has 0 aromatic carbocycles. The van der Waals surface area contributed by atoms with Gasteiger partial charge in [0.15, 0.2) is 0 Å². The van der Waals surface area contributed by atoms with Gasteiger partial charge < -0.3 is 14.8 Å². The van der Waals surface area contributed by atoms with Gasteiger partial charge in [0, 0.05) is 31.4 Å². The number of likely N-dealkylation sites (tertiary alicyclic amines) is 1. The molecule has 0 amide bonds. The van der Waals surface area contributed by atoms with Crippen molar-refractivity contribution in [3.05, 3.63) is 18.2 Å². The summed E-state index contributed by atoms with van der Waals surface area (Å²) in [6.07, 6.45) is 8.17. The molecule has 0 radical (unpaired) electrons. The first-order chi connectivity index (χ1) is 9.24.